The van der Waals surface area contributed by atoms with Gasteiger partial charge in [-0.25, -0.2) is 4.98 Å². The van der Waals surface area contributed by atoms with Gasteiger partial charge in [0.25, 0.3) is 5.91 Å². The van der Waals surface area contributed by atoms with Crippen LogP contribution in [0.1, 0.15) is 35.5 Å². The van der Waals surface area contributed by atoms with Crippen LogP contribution in [0.25, 0.3) is 22.0 Å². The maximum atomic E-state index is 14.2. The number of anilines is 1. The van der Waals surface area contributed by atoms with E-state index >= 15 is 0 Å². The first-order chi connectivity index (χ1) is 17.5. The number of halogens is 4. The third-order valence-electron chi connectivity index (χ3n) is 6.64. The molecule has 11 heteroatoms. The van der Waals surface area contributed by atoms with Gasteiger partial charge in [0, 0.05) is 29.4 Å². The third kappa shape index (κ3) is 4.30. The Morgan fingerprint density at radius 2 is 1.89 bits per heavy atom. The van der Waals surface area contributed by atoms with Crippen LogP contribution in [0.5, 0.6) is 0 Å². The number of pyridine rings is 1. The molecular weight excluding hydrogens is 490 g/mol. The minimum atomic E-state index is -4.99. The van der Waals surface area contributed by atoms with E-state index in [0.717, 1.165) is 10.5 Å². The number of aromatic amines is 1. The Kier molecular flexibility index (Phi) is 5.73. The maximum absolute atomic E-state index is 14.2. The number of benzene rings is 2. The van der Waals surface area contributed by atoms with Gasteiger partial charge in [-0.2, -0.15) is 22.7 Å². The standard InChI is InChI=1S/C26H21F4N5O2/c1-25(2)19-13-16(7-5-14(19)9-11-35(25)24(37)26(28,29)30)32-23(36)21-18-12-15(6-8-20(18)33-34-21)17-4-3-10-31-22(17)27/h3-8,10,12-13H,9,11H2,1-2H3,(H,32,36)(H,33,34). The summed E-state index contributed by atoms with van der Waals surface area (Å²) in [5.41, 5.74) is 1.80. The van der Waals surface area contributed by atoms with Crippen LogP contribution in [0.4, 0.5) is 23.2 Å². The Morgan fingerprint density at radius 1 is 1.11 bits per heavy atom. The zero-order valence-electron chi connectivity index (χ0n) is 19.8. The summed E-state index contributed by atoms with van der Waals surface area (Å²) in [5, 5.41) is 10.1. The molecule has 5 rings (SSSR count). The van der Waals surface area contributed by atoms with Crippen molar-refractivity contribution in [3.05, 3.63) is 77.5 Å². The fraction of sp³-hybridized carbons (Fsp3) is 0.231. The molecule has 4 aromatic rings. The lowest BCUT2D eigenvalue weighted by atomic mass is 9.83. The number of nitrogens with zero attached hydrogens (tertiary/aromatic N) is 3. The number of hydrogen-bond acceptors (Lipinski definition) is 4. The van der Waals surface area contributed by atoms with Crippen LogP contribution < -0.4 is 5.32 Å². The molecule has 1 aliphatic heterocycles. The van der Waals surface area contributed by atoms with Gasteiger partial charge in [0.15, 0.2) is 5.69 Å². The van der Waals surface area contributed by atoms with E-state index < -0.39 is 29.5 Å². The molecule has 0 unspecified atom stereocenters. The summed E-state index contributed by atoms with van der Waals surface area (Å²) < 4.78 is 53.7. The molecule has 1 aliphatic rings. The highest BCUT2D eigenvalue weighted by Crippen LogP contribution is 2.39. The van der Waals surface area contributed by atoms with Gasteiger partial charge in [-0.05, 0) is 73.4 Å². The quantitative estimate of drug-likeness (QED) is 0.292. The highest BCUT2D eigenvalue weighted by molar-refractivity contribution is 6.11. The van der Waals surface area contributed by atoms with Gasteiger partial charge in [0.05, 0.1) is 11.1 Å². The van der Waals surface area contributed by atoms with Crippen molar-refractivity contribution >= 4 is 28.4 Å². The zero-order chi connectivity index (χ0) is 26.5. The number of hydrogen-bond donors (Lipinski definition) is 2. The van der Waals surface area contributed by atoms with E-state index in [1.165, 1.54) is 6.20 Å². The molecule has 3 heterocycles. The largest absolute Gasteiger partial charge is 0.471 e. The average molecular weight is 511 g/mol. The molecule has 0 saturated heterocycles. The molecule has 7 nitrogen and oxygen atoms in total. The summed E-state index contributed by atoms with van der Waals surface area (Å²) in [7, 11) is 0. The van der Waals surface area contributed by atoms with Crippen LogP contribution in [-0.2, 0) is 16.8 Å². The minimum absolute atomic E-state index is 0.0620. The van der Waals surface area contributed by atoms with Crippen LogP contribution in [0, 0.1) is 5.95 Å². The number of carbonyl (C=O) groups is 2. The number of alkyl halides is 3. The van der Waals surface area contributed by atoms with Gasteiger partial charge in [0.1, 0.15) is 0 Å². The zero-order valence-corrected chi connectivity index (χ0v) is 19.8. The van der Waals surface area contributed by atoms with Crippen molar-refractivity contribution in [2.75, 3.05) is 11.9 Å². The predicted molar refractivity (Wildman–Crippen MR) is 128 cm³/mol. The van der Waals surface area contributed by atoms with E-state index in [-0.39, 0.29) is 24.2 Å². The molecule has 2 N–H and O–H groups in total. The highest BCUT2D eigenvalue weighted by Gasteiger charge is 2.49. The second-order valence-electron chi connectivity index (χ2n) is 9.26. The van der Waals surface area contributed by atoms with Gasteiger partial charge in [-0.15, -0.1) is 0 Å². The molecule has 2 amide bonds. The van der Waals surface area contributed by atoms with Crippen molar-refractivity contribution in [1.29, 1.82) is 0 Å². The van der Waals surface area contributed by atoms with Crippen molar-refractivity contribution in [2.24, 2.45) is 0 Å². The van der Waals surface area contributed by atoms with E-state index in [9.17, 15) is 27.2 Å². The minimum Gasteiger partial charge on any atom is -0.325 e. The summed E-state index contributed by atoms with van der Waals surface area (Å²) >= 11 is 0. The van der Waals surface area contributed by atoms with E-state index in [1.807, 2.05) is 0 Å². The van der Waals surface area contributed by atoms with Gasteiger partial charge in [-0.1, -0.05) is 12.1 Å². The van der Waals surface area contributed by atoms with Gasteiger partial charge in [-0.3, -0.25) is 14.7 Å². The molecule has 0 saturated carbocycles. The number of amides is 2. The smallest absolute Gasteiger partial charge is 0.325 e. The number of nitrogens with one attached hydrogen (secondary N) is 2. The molecule has 0 bridgehead atoms. The van der Waals surface area contributed by atoms with Crippen molar-refractivity contribution in [2.45, 2.75) is 32.0 Å². The predicted octanol–water partition coefficient (Wildman–Crippen LogP) is 5.20. The fourth-order valence-corrected chi connectivity index (χ4v) is 4.75. The van der Waals surface area contributed by atoms with E-state index in [1.54, 1.807) is 62.4 Å². The molecule has 2 aromatic heterocycles. The number of carbonyl (C=O) groups excluding carboxylic acids is 2. The normalized spacial score (nSPS) is 14.9. The second kappa shape index (κ2) is 8.68. The van der Waals surface area contributed by atoms with Crippen LogP contribution >= 0.6 is 0 Å². The third-order valence-corrected chi connectivity index (χ3v) is 6.64. The summed E-state index contributed by atoms with van der Waals surface area (Å²) in [4.78, 5) is 29.6. The lowest BCUT2D eigenvalue weighted by Crippen LogP contribution is -2.54. The lowest BCUT2D eigenvalue weighted by Gasteiger charge is -2.44. The topological polar surface area (TPSA) is 91.0 Å². The van der Waals surface area contributed by atoms with Crippen molar-refractivity contribution < 1.29 is 27.2 Å². The Labute approximate surface area is 208 Å². The first kappa shape index (κ1) is 24.4. The number of fused-ring (bicyclic) bond motifs is 2. The molecule has 2 aromatic carbocycles. The average Bonchev–Trinajstić information content (AvgIpc) is 3.27. The lowest BCUT2D eigenvalue weighted by molar-refractivity contribution is -0.191. The summed E-state index contributed by atoms with van der Waals surface area (Å²) in [6.45, 7) is 3.02. The van der Waals surface area contributed by atoms with Crippen LogP contribution in [0.2, 0.25) is 0 Å². The molecule has 0 fully saturated rings. The first-order valence-corrected chi connectivity index (χ1v) is 11.4. The molecule has 0 atom stereocenters. The Bertz CT molecular complexity index is 1540. The van der Waals surface area contributed by atoms with Crippen molar-refractivity contribution in [1.82, 2.24) is 20.1 Å². The van der Waals surface area contributed by atoms with E-state index in [0.29, 0.717) is 27.7 Å². The summed E-state index contributed by atoms with van der Waals surface area (Å²) in [6.07, 6.45) is -3.39. The van der Waals surface area contributed by atoms with Crippen molar-refractivity contribution in [3.63, 3.8) is 0 Å². The summed E-state index contributed by atoms with van der Waals surface area (Å²) in [5.74, 6) is -3.11. The number of rotatable bonds is 3. The number of H-pyrrole nitrogens is 1. The molecule has 190 valence electrons. The highest BCUT2D eigenvalue weighted by atomic mass is 19.4. The van der Waals surface area contributed by atoms with E-state index in [4.69, 9.17) is 0 Å². The monoisotopic (exact) mass is 511 g/mol. The molecule has 0 aliphatic carbocycles. The second-order valence-corrected chi connectivity index (χ2v) is 9.26. The first-order valence-electron chi connectivity index (χ1n) is 11.4. The molecular formula is C26H21F4N5O2. The van der Waals surface area contributed by atoms with Gasteiger partial charge < -0.3 is 10.2 Å². The van der Waals surface area contributed by atoms with Crippen LogP contribution in [-0.4, -0.2) is 44.6 Å². The Hall–Kier alpha value is -4.28. The van der Waals surface area contributed by atoms with Crippen molar-refractivity contribution in [3.8, 4) is 11.1 Å². The maximum Gasteiger partial charge on any atom is 0.471 e. The Balaban J connectivity index is 1.45. The van der Waals surface area contributed by atoms with Crippen LogP contribution in [0.15, 0.2) is 54.7 Å². The molecule has 37 heavy (non-hydrogen) atoms. The van der Waals surface area contributed by atoms with Crippen LogP contribution in [0.3, 0.4) is 0 Å². The van der Waals surface area contributed by atoms with Gasteiger partial charge >= 0.3 is 12.1 Å². The Morgan fingerprint density at radius 3 is 2.62 bits per heavy atom. The van der Waals surface area contributed by atoms with E-state index in [2.05, 4.69) is 20.5 Å². The van der Waals surface area contributed by atoms with Gasteiger partial charge in [0.2, 0.25) is 5.95 Å². The fourth-order valence-electron chi connectivity index (χ4n) is 4.75. The molecule has 0 radical (unpaired) electrons. The number of aromatic nitrogens is 3. The SMILES string of the molecule is CC1(C)c2cc(NC(=O)c3n[nH]c4ccc(-c5cccnc5F)cc34)ccc2CCN1C(=O)C(F)(F)F. The summed E-state index contributed by atoms with van der Waals surface area (Å²) in [6, 6.07) is 13.1. The molecule has 0 spiro atoms.